The number of hydrogen-bond donors (Lipinski definition) is 1. The van der Waals surface area contributed by atoms with Crippen LogP contribution in [0.5, 0.6) is 0 Å². The molecule has 9 heteroatoms. The maximum atomic E-state index is 13.6. The summed E-state index contributed by atoms with van der Waals surface area (Å²) in [6.07, 6.45) is -1.23. The van der Waals surface area contributed by atoms with Crippen LogP contribution in [0.4, 0.5) is 23.4 Å². The molecule has 0 radical (unpaired) electrons. The van der Waals surface area contributed by atoms with Gasteiger partial charge in [-0.05, 0) is 40.8 Å². The third-order valence-electron chi connectivity index (χ3n) is 6.02. The fourth-order valence-corrected chi connectivity index (χ4v) is 4.35. The molecular weight excluding hydrogens is 446 g/mol. The second kappa shape index (κ2) is 9.25. The summed E-state index contributed by atoms with van der Waals surface area (Å²) in [4.78, 5) is 24.2. The Morgan fingerprint density at radius 2 is 1.56 bits per heavy atom. The van der Waals surface area contributed by atoms with E-state index in [4.69, 9.17) is 4.74 Å². The number of fused-ring (bicyclic) bond motifs is 3. The Kier molecular flexibility index (Phi) is 6.37. The molecule has 1 N–H and O–H groups in total. The van der Waals surface area contributed by atoms with Gasteiger partial charge in [-0.25, -0.2) is 4.79 Å². The molecule has 1 amide bonds. The van der Waals surface area contributed by atoms with E-state index in [9.17, 15) is 22.5 Å². The van der Waals surface area contributed by atoms with Crippen LogP contribution in [0.25, 0.3) is 11.1 Å². The predicted octanol–water partition coefficient (Wildman–Crippen LogP) is 5.13. The fourth-order valence-electron chi connectivity index (χ4n) is 4.35. The summed E-state index contributed by atoms with van der Waals surface area (Å²) >= 11 is 0. The predicted molar refractivity (Wildman–Crippen MR) is 124 cm³/mol. The van der Waals surface area contributed by atoms with Gasteiger partial charge >= 0.3 is 19.0 Å². The first kappa shape index (κ1) is 23.4. The lowest BCUT2D eigenvalue weighted by molar-refractivity contribution is -0.139. The third kappa shape index (κ3) is 4.64. The maximum Gasteiger partial charge on any atom is 0.509 e. The lowest BCUT2D eigenvalue weighted by atomic mass is 9.75. The van der Waals surface area contributed by atoms with Crippen molar-refractivity contribution < 1.29 is 32.0 Å². The Balaban J connectivity index is 1.54. The van der Waals surface area contributed by atoms with Crippen LogP contribution in [-0.2, 0) is 20.7 Å². The number of halogens is 3. The van der Waals surface area contributed by atoms with Crippen LogP contribution in [0.2, 0.25) is 0 Å². The first-order valence-corrected chi connectivity index (χ1v) is 10.7. The highest BCUT2D eigenvalue weighted by molar-refractivity contribution is 6.74. The van der Waals surface area contributed by atoms with Crippen molar-refractivity contribution in [1.29, 1.82) is 0 Å². The number of hydrogen-bond acceptors (Lipinski definition) is 4. The van der Waals surface area contributed by atoms with E-state index in [1.54, 1.807) is 0 Å². The number of amides is 1. The van der Waals surface area contributed by atoms with Crippen molar-refractivity contribution in [3.05, 3.63) is 82.9 Å². The molecule has 0 spiro atoms. The normalized spacial score (nSPS) is 12.6. The van der Waals surface area contributed by atoms with Crippen molar-refractivity contribution in [2.75, 3.05) is 19.0 Å². The van der Waals surface area contributed by atoms with Gasteiger partial charge in [0.25, 0.3) is 0 Å². The van der Waals surface area contributed by atoms with Crippen LogP contribution in [0.3, 0.4) is 0 Å². The smallest absolute Gasteiger partial charge is 0.469 e. The molecule has 0 fully saturated rings. The number of nitrogens with one attached hydrogen (secondary N) is 1. The van der Waals surface area contributed by atoms with E-state index in [1.807, 2.05) is 48.5 Å². The van der Waals surface area contributed by atoms with Crippen LogP contribution in [-0.4, -0.2) is 32.8 Å². The second-order valence-corrected chi connectivity index (χ2v) is 8.14. The highest BCUT2D eigenvalue weighted by Gasteiger charge is 2.31. The minimum atomic E-state index is -5.36. The molecule has 3 aromatic carbocycles. The number of carbonyl (C=O) groups excluding carboxylic acids is 2. The number of ether oxygens (including phenoxy) is 2. The van der Waals surface area contributed by atoms with Gasteiger partial charge in [0, 0.05) is 11.6 Å². The van der Waals surface area contributed by atoms with Crippen LogP contribution in [0.1, 0.15) is 28.2 Å². The van der Waals surface area contributed by atoms with E-state index in [1.165, 1.54) is 13.0 Å². The molecule has 0 saturated heterocycles. The zero-order valence-electron chi connectivity index (χ0n) is 18.6. The van der Waals surface area contributed by atoms with Crippen LogP contribution in [0, 0.1) is 6.92 Å². The first-order valence-electron chi connectivity index (χ1n) is 10.7. The summed E-state index contributed by atoms with van der Waals surface area (Å²) in [5, 5.41) is 2.42. The van der Waals surface area contributed by atoms with Gasteiger partial charge in [0.2, 0.25) is 0 Å². The van der Waals surface area contributed by atoms with Crippen LogP contribution < -0.4 is 10.8 Å². The number of anilines is 1. The average molecular weight is 468 g/mol. The van der Waals surface area contributed by atoms with Crippen molar-refractivity contribution in [2.45, 2.75) is 19.3 Å². The molecule has 34 heavy (non-hydrogen) atoms. The summed E-state index contributed by atoms with van der Waals surface area (Å²) in [5.41, 5.74) is 3.18. The molecule has 1 aliphatic rings. The Hall–Kier alpha value is -3.75. The molecule has 0 saturated carbocycles. The Labute approximate surface area is 194 Å². The molecule has 0 aliphatic heterocycles. The standard InChI is InChI=1S/C25H22BF3NO4/c1-15-22(26(27,28)29)11-16(13-24(31)33-2)12-23(15)30-25(32)34-14-21-19-9-5-3-7-17(19)18-8-4-6-10-20(18)21/h3-12,21H,13-14H2,1-2H3,(H,30,32)/q-1. The Morgan fingerprint density at radius 1 is 0.971 bits per heavy atom. The van der Waals surface area contributed by atoms with E-state index in [0.717, 1.165) is 35.4 Å². The van der Waals surface area contributed by atoms with Gasteiger partial charge < -0.3 is 22.4 Å². The van der Waals surface area contributed by atoms with Gasteiger partial charge in [0.1, 0.15) is 6.61 Å². The number of benzene rings is 3. The lowest BCUT2D eigenvalue weighted by Gasteiger charge is -2.22. The number of esters is 1. The van der Waals surface area contributed by atoms with Crippen molar-refractivity contribution in [3.63, 3.8) is 0 Å². The largest absolute Gasteiger partial charge is 0.509 e. The van der Waals surface area contributed by atoms with E-state index in [2.05, 4.69) is 10.1 Å². The van der Waals surface area contributed by atoms with Crippen molar-refractivity contribution in [3.8, 4) is 11.1 Å². The van der Waals surface area contributed by atoms with Gasteiger partial charge in [0.15, 0.2) is 0 Å². The summed E-state index contributed by atoms with van der Waals surface area (Å²) in [5.74, 6) is -0.865. The van der Waals surface area contributed by atoms with Crippen LogP contribution in [0.15, 0.2) is 60.7 Å². The van der Waals surface area contributed by atoms with E-state index < -0.39 is 24.5 Å². The highest BCUT2D eigenvalue weighted by Crippen LogP contribution is 2.44. The summed E-state index contributed by atoms with van der Waals surface area (Å²) in [7, 11) is 1.15. The minimum absolute atomic E-state index is 0.0246. The summed E-state index contributed by atoms with van der Waals surface area (Å²) in [6.45, 7) is -4.07. The summed E-state index contributed by atoms with van der Waals surface area (Å²) in [6, 6.07) is 17.9. The maximum absolute atomic E-state index is 13.6. The van der Waals surface area contributed by atoms with Crippen molar-refractivity contribution in [2.24, 2.45) is 0 Å². The lowest BCUT2D eigenvalue weighted by Crippen LogP contribution is -2.37. The zero-order valence-corrected chi connectivity index (χ0v) is 18.6. The topological polar surface area (TPSA) is 64.6 Å². The second-order valence-electron chi connectivity index (χ2n) is 8.14. The van der Waals surface area contributed by atoms with E-state index in [-0.39, 0.29) is 35.8 Å². The molecule has 0 heterocycles. The zero-order chi connectivity index (χ0) is 24.5. The molecule has 176 valence electrons. The Morgan fingerprint density at radius 3 is 2.12 bits per heavy atom. The average Bonchev–Trinajstić information content (AvgIpc) is 3.12. The minimum Gasteiger partial charge on any atom is -0.469 e. The quantitative estimate of drug-likeness (QED) is 0.403. The highest BCUT2D eigenvalue weighted by atomic mass is 19.4. The molecule has 5 nitrogen and oxygen atoms in total. The molecule has 3 aromatic rings. The third-order valence-corrected chi connectivity index (χ3v) is 6.02. The first-order chi connectivity index (χ1) is 16.2. The van der Waals surface area contributed by atoms with E-state index in [0.29, 0.717) is 0 Å². The van der Waals surface area contributed by atoms with E-state index >= 15 is 0 Å². The molecule has 0 aromatic heterocycles. The SMILES string of the molecule is COC(=O)Cc1cc(NC(=O)OCC2c3ccccc3-c3ccccc32)c(C)c([B-](F)(F)F)c1. The molecule has 1 aliphatic carbocycles. The van der Waals surface area contributed by atoms with Gasteiger partial charge in [-0.15, -0.1) is 5.46 Å². The fraction of sp³-hybridized carbons (Fsp3) is 0.200. The molecule has 0 bridgehead atoms. The van der Waals surface area contributed by atoms with Crippen molar-refractivity contribution >= 4 is 30.2 Å². The molecule has 0 atom stereocenters. The monoisotopic (exact) mass is 468 g/mol. The molecular formula is C25H22BF3NO4-. The Bertz CT molecular complexity index is 1210. The molecule has 0 unspecified atom stereocenters. The number of methoxy groups -OCH3 is 1. The van der Waals surface area contributed by atoms with Gasteiger partial charge in [0.05, 0.1) is 13.5 Å². The number of rotatable bonds is 6. The van der Waals surface area contributed by atoms with Gasteiger partial charge in [-0.3, -0.25) is 10.1 Å². The number of carbonyl (C=O) groups is 2. The van der Waals surface area contributed by atoms with Gasteiger partial charge in [-0.2, -0.15) is 0 Å². The summed E-state index contributed by atoms with van der Waals surface area (Å²) < 4.78 is 50.8. The van der Waals surface area contributed by atoms with Crippen LogP contribution >= 0.6 is 0 Å². The molecule has 4 rings (SSSR count). The van der Waals surface area contributed by atoms with Crippen molar-refractivity contribution in [1.82, 2.24) is 0 Å². The van der Waals surface area contributed by atoms with Gasteiger partial charge in [-0.1, -0.05) is 60.2 Å².